The molecular weight excluding hydrogens is 418 g/mol. The summed E-state index contributed by atoms with van der Waals surface area (Å²) in [6, 6.07) is 14.0. The number of ether oxygens (including phenoxy) is 1. The van der Waals surface area contributed by atoms with Crippen molar-refractivity contribution >= 4 is 34.5 Å². The van der Waals surface area contributed by atoms with Crippen molar-refractivity contribution < 1.29 is 9.53 Å². The predicted octanol–water partition coefficient (Wildman–Crippen LogP) is 4.79. The molecule has 2 heterocycles. The minimum absolute atomic E-state index is 0.104. The lowest BCUT2D eigenvalue weighted by Crippen LogP contribution is -2.35. The van der Waals surface area contributed by atoms with Crippen LogP contribution in [0.2, 0.25) is 5.02 Å². The zero-order chi connectivity index (χ0) is 20.9. The van der Waals surface area contributed by atoms with Crippen LogP contribution in [0.15, 0.2) is 47.8 Å². The summed E-state index contributed by atoms with van der Waals surface area (Å²) >= 11 is 7.70. The summed E-state index contributed by atoms with van der Waals surface area (Å²) in [5, 5.41) is 6.41. The van der Waals surface area contributed by atoms with E-state index < -0.39 is 0 Å². The van der Waals surface area contributed by atoms with Crippen LogP contribution in [-0.2, 0) is 22.5 Å². The number of aryl methyl sites for hydroxylation is 1. The molecule has 0 unspecified atom stereocenters. The van der Waals surface area contributed by atoms with Crippen LogP contribution in [0.3, 0.4) is 0 Å². The third-order valence-corrected chi connectivity index (χ3v) is 6.38. The topological polar surface area (TPSA) is 54.5 Å². The van der Waals surface area contributed by atoms with Crippen molar-refractivity contribution in [1.82, 2.24) is 9.88 Å². The van der Waals surface area contributed by atoms with Crippen molar-refractivity contribution in [2.75, 3.05) is 31.6 Å². The van der Waals surface area contributed by atoms with Crippen LogP contribution in [0.4, 0.5) is 5.69 Å². The number of aromatic nitrogens is 1. The molecule has 3 aromatic rings. The summed E-state index contributed by atoms with van der Waals surface area (Å²) in [4.78, 5) is 19.5. The Hall–Kier alpha value is -2.25. The summed E-state index contributed by atoms with van der Waals surface area (Å²) in [7, 11) is 0. The fraction of sp³-hybridized carbons (Fsp3) is 0.304. The van der Waals surface area contributed by atoms with Crippen molar-refractivity contribution in [2.45, 2.75) is 19.9 Å². The van der Waals surface area contributed by atoms with E-state index in [9.17, 15) is 4.79 Å². The molecule has 5 nitrogen and oxygen atoms in total. The Morgan fingerprint density at radius 2 is 2.07 bits per heavy atom. The van der Waals surface area contributed by atoms with Gasteiger partial charge in [-0.15, -0.1) is 11.3 Å². The highest BCUT2D eigenvalue weighted by molar-refractivity contribution is 7.13. The Morgan fingerprint density at radius 3 is 2.87 bits per heavy atom. The lowest BCUT2D eigenvalue weighted by atomic mass is 10.1. The molecule has 0 aliphatic carbocycles. The maximum absolute atomic E-state index is 12.4. The number of morpholine rings is 1. The summed E-state index contributed by atoms with van der Waals surface area (Å²) in [6.07, 6.45) is 0.232. The molecule has 0 saturated carbocycles. The summed E-state index contributed by atoms with van der Waals surface area (Å²) in [6.45, 7) is 6.37. The first-order valence-corrected chi connectivity index (χ1v) is 11.2. The van der Waals surface area contributed by atoms with E-state index in [1.54, 1.807) is 17.4 Å². The summed E-state index contributed by atoms with van der Waals surface area (Å²) in [5.74, 6) is -0.104. The summed E-state index contributed by atoms with van der Waals surface area (Å²) in [5.41, 5.74) is 4.80. The Balaban J connectivity index is 1.39. The number of halogens is 1. The van der Waals surface area contributed by atoms with E-state index in [0.717, 1.165) is 54.7 Å². The quantitative estimate of drug-likeness (QED) is 0.597. The molecule has 1 saturated heterocycles. The zero-order valence-electron chi connectivity index (χ0n) is 16.9. The maximum atomic E-state index is 12.4. The van der Waals surface area contributed by atoms with Crippen LogP contribution in [0.25, 0.3) is 10.6 Å². The smallest absolute Gasteiger partial charge is 0.230 e. The number of hydrogen-bond donors (Lipinski definition) is 1. The van der Waals surface area contributed by atoms with E-state index in [2.05, 4.69) is 39.5 Å². The van der Waals surface area contributed by atoms with Crippen LogP contribution in [0, 0.1) is 6.92 Å². The van der Waals surface area contributed by atoms with Crippen LogP contribution in [-0.4, -0.2) is 42.1 Å². The average molecular weight is 442 g/mol. The normalized spacial score (nSPS) is 14.6. The first-order valence-electron chi connectivity index (χ1n) is 9.96. The van der Waals surface area contributed by atoms with Gasteiger partial charge in [0.1, 0.15) is 5.01 Å². The fourth-order valence-electron chi connectivity index (χ4n) is 3.38. The number of nitrogens with one attached hydrogen (secondary N) is 1. The molecule has 0 atom stereocenters. The van der Waals surface area contributed by atoms with Crippen molar-refractivity contribution in [2.24, 2.45) is 0 Å². The Bertz CT molecular complexity index is 1030. The second-order valence-corrected chi connectivity index (χ2v) is 8.69. The molecule has 156 valence electrons. The van der Waals surface area contributed by atoms with Gasteiger partial charge in [-0.05, 0) is 36.2 Å². The van der Waals surface area contributed by atoms with Gasteiger partial charge in [-0.2, -0.15) is 0 Å². The lowest BCUT2D eigenvalue weighted by Gasteiger charge is -2.26. The molecule has 1 aliphatic rings. The van der Waals surface area contributed by atoms with E-state index in [-0.39, 0.29) is 12.3 Å². The molecular formula is C23H24ClN3O2S. The average Bonchev–Trinajstić information content (AvgIpc) is 3.20. The highest BCUT2D eigenvalue weighted by Gasteiger charge is 2.13. The second kappa shape index (κ2) is 9.71. The van der Waals surface area contributed by atoms with Gasteiger partial charge in [0, 0.05) is 41.3 Å². The molecule has 1 aromatic heterocycles. The first-order chi connectivity index (χ1) is 14.6. The van der Waals surface area contributed by atoms with E-state index in [4.69, 9.17) is 16.3 Å². The molecule has 0 radical (unpaired) electrons. The molecule has 1 aliphatic heterocycles. The number of nitrogens with zero attached hydrogens (tertiary/aromatic N) is 2. The molecule has 30 heavy (non-hydrogen) atoms. The predicted molar refractivity (Wildman–Crippen MR) is 122 cm³/mol. The Labute approximate surface area is 185 Å². The van der Waals surface area contributed by atoms with Gasteiger partial charge in [-0.25, -0.2) is 4.98 Å². The van der Waals surface area contributed by atoms with Crippen LogP contribution >= 0.6 is 22.9 Å². The van der Waals surface area contributed by atoms with Gasteiger partial charge >= 0.3 is 0 Å². The third kappa shape index (κ3) is 5.46. The highest BCUT2D eigenvalue weighted by Crippen LogP contribution is 2.26. The Morgan fingerprint density at radius 1 is 1.23 bits per heavy atom. The van der Waals surface area contributed by atoms with Gasteiger partial charge < -0.3 is 10.1 Å². The minimum Gasteiger partial charge on any atom is -0.379 e. The molecule has 7 heteroatoms. The molecule has 0 spiro atoms. The second-order valence-electron chi connectivity index (χ2n) is 7.42. The highest BCUT2D eigenvalue weighted by atomic mass is 35.5. The Kier molecular flexibility index (Phi) is 6.79. The summed E-state index contributed by atoms with van der Waals surface area (Å²) < 4.78 is 5.42. The zero-order valence-corrected chi connectivity index (χ0v) is 18.4. The molecule has 0 bridgehead atoms. The van der Waals surface area contributed by atoms with Gasteiger partial charge in [-0.1, -0.05) is 35.9 Å². The largest absolute Gasteiger partial charge is 0.379 e. The van der Waals surface area contributed by atoms with Gasteiger partial charge in [0.25, 0.3) is 0 Å². The molecule has 1 amide bonds. The number of hydrogen-bond acceptors (Lipinski definition) is 5. The minimum atomic E-state index is -0.104. The van der Waals surface area contributed by atoms with Gasteiger partial charge in [0.05, 0.1) is 25.3 Å². The fourth-order valence-corrected chi connectivity index (χ4v) is 4.38. The number of carbonyl (C=O) groups is 1. The molecule has 4 rings (SSSR count). The standard InChI is InChI=1S/C23H24ClN3O2S/c1-16-5-6-19(12-21(16)24)25-22(28)13-20-15-30-23(26-20)18-4-2-3-17(11-18)14-27-7-9-29-10-8-27/h2-6,11-12,15H,7-10,13-14H2,1H3,(H,25,28). The van der Waals surface area contributed by atoms with Crippen molar-refractivity contribution in [1.29, 1.82) is 0 Å². The van der Waals surface area contributed by atoms with E-state index in [0.29, 0.717) is 10.7 Å². The van der Waals surface area contributed by atoms with Crippen LogP contribution < -0.4 is 5.32 Å². The van der Waals surface area contributed by atoms with E-state index >= 15 is 0 Å². The SMILES string of the molecule is Cc1ccc(NC(=O)Cc2csc(-c3cccc(CN4CCOCC4)c3)n2)cc1Cl. The van der Waals surface area contributed by atoms with Crippen molar-refractivity contribution in [3.8, 4) is 10.6 Å². The molecule has 2 aromatic carbocycles. The number of carbonyl (C=O) groups excluding carboxylic acids is 1. The van der Waals surface area contributed by atoms with Crippen LogP contribution in [0.5, 0.6) is 0 Å². The third-order valence-electron chi connectivity index (χ3n) is 5.03. The van der Waals surface area contributed by atoms with Crippen molar-refractivity contribution in [3.05, 3.63) is 69.7 Å². The monoisotopic (exact) mass is 441 g/mol. The number of amides is 1. The van der Waals surface area contributed by atoms with Crippen LogP contribution in [0.1, 0.15) is 16.8 Å². The van der Waals surface area contributed by atoms with Gasteiger partial charge in [0.2, 0.25) is 5.91 Å². The lowest BCUT2D eigenvalue weighted by molar-refractivity contribution is -0.115. The van der Waals surface area contributed by atoms with Crippen molar-refractivity contribution in [3.63, 3.8) is 0 Å². The van der Waals surface area contributed by atoms with E-state index in [1.165, 1.54) is 5.56 Å². The maximum Gasteiger partial charge on any atom is 0.230 e. The van der Waals surface area contributed by atoms with Gasteiger partial charge in [-0.3, -0.25) is 9.69 Å². The van der Waals surface area contributed by atoms with E-state index in [1.807, 2.05) is 24.4 Å². The molecule has 1 N–H and O–H groups in total. The number of thiazole rings is 1. The van der Waals surface area contributed by atoms with Gasteiger partial charge in [0.15, 0.2) is 0 Å². The first kappa shape index (κ1) is 21.0. The number of rotatable bonds is 6. The molecule has 1 fully saturated rings. The number of anilines is 1. The number of benzene rings is 2.